The van der Waals surface area contributed by atoms with Crippen LogP contribution >= 0.6 is 11.6 Å². The van der Waals surface area contributed by atoms with Gasteiger partial charge >= 0.3 is 5.69 Å². The van der Waals surface area contributed by atoms with Crippen LogP contribution in [0.15, 0.2) is 12.1 Å². The van der Waals surface area contributed by atoms with Crippen molar-refractivity contribution in [3.63, 3.8) is 0 Å². The Morgan fingerprint density at radius 3 is 2.32 bits per heavy atom. The van der Waals surface area contributed by atoms with Crippen LogP contribution in [0.4, 0.5) is 17.1 Å². The molecule has 2 rings (SSSR count). The lowest BCUT2D eigenvalue weighted by Gasteiger charge is -2.28. The molecule has 1 fully saturated rings. The summed E-state index contributed by atoms with van der Waals surface area (Å²) in [6, 6.07) is 2.05. The number of hydrogen-bond acceptors (Lipinski definition) is 6. The Hall–Kier alpha value is -1.93. The van der Waals surface area contributed by atoms with Crippen molar-refractivity contribution in [1.82, 2.24) is 0 Å². The van der Waals surface area contributed by atoms with E-state index in [2.05, 4.69) is 0 Å². The van der Waals surface area contributed by atoms with Gasteiger partial charge in [-0.15, -0.1) is 0 Å². The molecular formula is C10H10ClN3O5. The van der Waals surface area contributed by atoms with Gasteiger partial charge in [-0.25, -0.2) is 0 Å². The summed E-state index contributed by atoms with van der Waals surface area (Å²) in [5.41, 5.74) is -0.546. The van der Waals surface area contributed by atoms with E-state index in [1.54, 1.807) is 4.90 Å². The Labute approximate surface area is 112 Å². The number of nitrogens with zero attached hydrogens (tertiary/aromatic N) is 3. The van der Waals surface area contributed by atoms with Gasteiger partial charge in [-0.05, 0) is 0 Å². The molecule has 0 saturated carbocycles. The van der Waals surface area contributed by atoms with Gasteiger partial charge in [0.15, 0.2) is 0 Å². The van der Waals surface area contributed by atoms with E-state index < -0.39 is 15.5 Å². The molecule has 1 saturated heterocycles. The van der Waals surface area contributed by atoms with Crippen LogP contribution in [0, 0.1) is 20.2 Å². The molecule has 0 bridgehead atoms. The predicted molar refractivity (Wildman–Crippen MR) is 67.8 cm³/mol. The second-order valence-corrected chi connectivity index (χ2v) is 4.32. The first-order chi connectivity index (χ1) is 9.00. The van der Waals surface area contributed by atoms with Gasteiger partial charge in [0.1, 0.15) is 5.69 Å². The first-order valence-electron chi connectivity index (χ1n) is 5.45. The van der Waals surface area contributed by atoms with E-state index in [1.165, 1.54) is 0 Å². The SMILES string of the molecule is O=[N+]([O-])c1cc(Cl)c(N2CCOCC2)c([N+](=O)[O-])c1. The average molecular weight is 288 g/mol. The number of morpholine rings is 1. The number of rotatable bonds is 3. The summed E-state index contributed by atoms with van der Waals surface area (Å²) < 4.78 is 5.16. The van der Waals surface area contributed by atoms with Crippen LogP contribution in [0.3, 0.4) is 0 Å². The van der Waals surface area contributed by atoms with Crippen molar-refractivity contribution in [2.75, 3.05) is 31.2 Å². The van der Waals surface area contributed by atoms with E-state index in [9.17, 15) is 20.2 Å². The summed E-state index contributed by atoms with van der Waals surface area (Å²) in [5.74, 6) is 0. The van der Waals surface area contributed by atoms with Crippen molar-refractivity contribution in [3.05, 3.63) is 37.4 Å². The third-order valence-corrected chi connectivity index (χ3v) is 3.05. The maximum Gasteiger partial charge on any atom is 0.300 e. The van der Waals surface area contributed by atoms with Gasteiger partial charge in [0.2, 0.25) is 0 Å². The molecule has 0 radical (unpaired) electrons. The Kier molecular flexibility index (Phi) is 3.82. The van der Waals surface area contributed by atoms with Gasteiger partial charge in [-0.1, -0.05) is 11.6 Å². The number of halogens is 1. The van der Waals surface area contributed by atoms with Gasteiger partial charge in [0.25, 0.3) is 5.69 Å². The molecule has 102 valence electrons. The topological polar surface area (TPSA) is 98.8 Å². The largest absolute Gasteiger partial charge is 0.378 e. The van der Waals surface area contributed by atoms with E-state index in [4.69, 9.17) is 16.3 Å². The summed E-state index contributed by atoms with van der Waals surface area (Å²) in [6.07, 6.45) is 0. The van der Waals surface area contributed by atoms with Gasteiger partial charge < -0.3 is 9.64 Å². The fourth-order valence-electron chi connectivity index (χ4n) is 1.92. The minimum absolute atomic E-state index is 0.00259. The van der Waals surface area contributed by atoms with E-state index in [0.717, 1.165) is 12.1 Å². The van der Waals surface area contributed by atoms with Crippen molar-refractivity contribution >= 4 is 28.7 Å². The number of nitro benzene ring substituents is 2. The quantitative estimate of drug-likeness (QED) is 0.622. The highest BCUT2D eigenvalue weighted by Crippen LogP contribution is 2.39. The molecule has 0 unspecified atom stereocenters. The van der Waals surface area contributed by atoms with E-state index >= 15 is 0 Å². The molecule has 8 nitrogen and oxygen atoms in total. The number of nitro groups is 2. The average Bonchev–Trinajstić information content (AvgIpc) is 2.38. The molecule has 1 aliphatic rings. The number of ether oxygens (including phenoxy) is 1. The zero-order valence-electron chi connectivity index (χ0n) is 9.74. The Bertz CT molecular complexity index is 530. The van der Waals surface area contributed by atoms with E-state index in [1.807, 2.05) is 0 Å². The van der Waals surface area contributed by atoms with Crippen molar-refractivity contribution in [2.24, 2.45) is 0 Å². The molecular weight excluding hydrogens is 278 g/mol. The predicted octanol–water partition coefficient (Wildman–Crippen LogP) is 1.99. The van der Waals surface area contributed by atoms with Gasteiger partial charge in [-0.2, -0.15) is 0 Å². The smallest absolute Gasteiger partial charge is 0.300 e. The van der Waals surface area contributed by atoms with Gasteiger partial charge in [0, 0.05) is 19.2 Å². The number of anilines is 1. The highest BCUT2D eigenvalue weighted by atomic mass is 35.5. The Morgan fingerprint density at radius 2 is 1.79 bits per heavy atom. The van der Waals surface area contributed by atoms with Crippen molar-refractivity contribution < 1.29 is 14.6 Å². The van der Waals surface area contributed by atoms with Crippen LogP contribution in [0.2, 0.25) is 5.02 Å². The minimum Gasteiger partial charge on any atom is -0.378 e. The van der Waals surface area contributed by atoms with Crippen molar-refractivity contribution in [2.45, 2.75) is 0 Å². The maximum atomic E-state index is 11.1. The molecule has 9 heteroatoms. The molecule has 0 N–H and O–H groups in total. The fourth-order valence-corrected chi connectivity index (χ4v) is 2.24. The Balaban J connectivity index is 2.51. The molecule has 0 aromatic heterocycles. The minimum atomic E-state index is -0.706. The number of benzene rings is 1. The lowest BCUT2D eigenvalue weighted by Crippen LogP contribution is -2.36. The van der Waals surface area contributed by atoms with E-state index in [0.29, 0.717) is 26.3 Å². The molecule has 0 aliphatic carbocycles. The Morgan fingerprint density at radius 1 is 1.16 bits per heavy atom. The van der Waals surface area contributed by atoms with Crippen molar-refractivity contribution in [3.8, 4) is 0 Å². The van der Waals surface area contributed by atoms with Crippen LogP contribution in [0.5, 0.6) is 0 Å². The first-order valence-corrected chi connectivity index (χ1v) is 5.83. The summed E-state index contributed by atoms with van der Waals surface area (Å²) >= 11 is 5.96. The monoisotopic (exact) mass is 287 g/mol. The summed E-state index contributed by atoms with van der Waals surface area (Å²) in [5, 5.41) is 21.8. The lowest BCUT2D eigenvalue weighted by atomic mass is 10.2. The number of non-ortho nitro benzene ring substituents is 1. The molecule has 0 amide bonds. The second-order valence-electron chi connectivity index (χ2n) is 3.91. The highest BCUT2D eigenvalue weighted by Gasteiger charge is 2.28. The fraction of sp³-hybridized carbons (Fsp3) is 0.400. The van der Waals surface area contributed by atoms with Gasteiger partial charge in [0.05, 0.1) is 34.1 Å². The molecule has 0 spiro atoms. The van der Waals surface area contributed by atoms with E-state index in [-0.39, 0.29) is 16.4 Å². The van der Waals surface area contributed by atoms with Crippen molar-refractivity contribution in [1.29, 1.82) is 0 Å². The van der Waals surface area contributed by atoms with Crippen LogP contribution in [-0.4, -0.2) is 36.1 Å². The molecule has 0 atom stereocenters. The normalized spacial score (nSPS) is 15.3. The molecule has 19 heavy (non-hydrogen) atoms. The third kappa shape index (κ3) is 2.74. The second kappa shape index (κ2) is 5.37. The standard InChI is InChI=1S/C10H10ClN3O5/c11-8-5-7(13(15)16)6-9(14(17)18)10(8)12-1-3-19-4-2-12/h5-6H,1-4H2. The molecule has 1 aromatic carbocycles. The van der Waals surface area contributed by atoms with Crippen LogP contribution < -0.4 is 4.90 Å². The summed E-state index contributed by atoms with van der Waals surface area (Å²) in [7, 11) is 0. The van der Waals surface area contributed by atoms with Crippen LogP contribution in [0.1, 0.15) is 0 Å². The highest BCUT2D eigenvalue weighted by molar-refractivity contribution is 6.34. The van der Waals surface area contributed by atoms with Crippen LogP contribution in [0.25, 0.3) is 0 Å². The molecule has 1 aromatic rings. The number of hydrogen-bond donors (Lipinski definition) is 0. The lowest BCUT2D eigenvalue weighted by molar-refractivity contribution is -0.393. The molecule has 1 aliphatic heterocycles. The maximum absolute atomic E-state index is 11.1. The third-order valence-electron chi connectivity index (χ3n) is 2.76. The van der Waals surface area contributed by atoms with Gasteiger partial charge in [-0.3, -0.25) is 20.2 Å². The summed E-state index contributed by atoms with van der Waals surface area (Å²) in [4.78, 5) is 22.1. The zero-order chi connectivity index (χ0) is 14.0. The van der Waals surface area contributed by atoms with Crippen LogP contribution in [-0.2, 0) is 4.74 Å². The summed E-state index contributed by atoms with van der Waals surface area (Å²) in [6.45, 7) is 1.78. The zero-order valence-corrected chi connectivity index (χ0v) is 10.5. The molecule has 1 heterocycles. The first kappa shape index (κ1) is 13.5.